The van der Waals surface area contributed by atoms with Crippen molar-refractivity contribution in [2.45, 2.75) is 13.5 Å². The van der Waals surface area contributed by atoms with Gasteiger partial charge in [-0.25, -0.2) is 0 Å². The molecule has 0 atom stereocenters. The molecule has 0 radical (unpaired) electrons. The van der Waals surface area contributed by atoms with Crippen LogP contribution in [0.1, 0.15) is 18.1 Å². The Bertz CT molecular complexity index is 1150. The predicted octanol–water partition coefficient (Wildman–Crippen LogP) is 6.52. The summed E-state index contributed by atoms with van der Waals surface area (Å²) in [6, 6.07) is 21.2. The van der Waals surface area contributed by atoms with Crippen molar-refractivity contribution in [3.63, 3.8) is 0 Å². The first-order chi connectivity index (χ1) is 15.5. The zero-order valence-electron chi connectivity index (χ0n) is 17.3. The zero-order chi connectivity index (χ0) is 22.9. The molecule has 0 fully saturated rings. The highest BCUT2D eigenvalue weighted by Gasteiger charge is 2.10. The summed E-state index contributed by atoms with van der Waals surface area (Å²) in [7, 11) is 0. The van der Waals surface area contributed by atoms with Gasteiger partial charge in [0.05, 0.1) is 6.61 Å². The SMILES string of the molecule is CCOc1ccc(NC(=O)/C(C#N)=C\c2ccc(OCc3ccc(Cl)cc3Cl)cc2)cc1. The number of carbonyl (C=O) groups is 1. The molecule has 5 nitrogen and oxygen atoms in total. The van der Waals surface area contributed by atoms with Crippen LogP contribution in [-0.2, 0) is 11.4 Å². The summed E-state index contributed by atoms with van der Waals surface area (Å²) in [5.74, 6) is 0.849. The average Bonchev–Trinajstić information content (AvgIpc) is 2.79. The van der Waals surface area contributed by atoms with E-state index in [1.54, 1.807) is 60.7 Å². The van der Waals surface area contributed by atoms with Crippen molar-refractivity contribution in [3.05, 3.63) is 93.5 Å². The maximum atomic E-state index is 12.5. The summed E-state index contributed by atoms with van der Waals surface area (Å²) < 4.78 is 11.1. The number of nitrogens with zero attached hydrogens (tertiary/aromatic N) is 1. The van der Waals surface area contributed by atoms with E-state index in [4.69, 9.17) is 32.7 Å². The van der Waals surface area contributed by atoms with Crippen LogP contribution in [0.2, 0.25) is 10.0 Å². The Kier molecular flexibility index (Phi) is 8.15. The van der Waals surface area contributed by atoms with Crippen LogP contribution in [-0.4, -0.2) is 12.5 Å². The topological polar surface area (TPSA) is 71.3 Å². The van der Waals surface area contributed by atoms with Crippen LogP contribution < -0.4 is 14.8 Å². The Balaban J connectivity index is 1.62. The molecule has 7 heteroatoms. The number of ether oxygens (including phenoxy) is 2. The highest BCUT2D eigenvalue weighted by atomic mass is 35.5. The van der Waals surface area contributed by atoms with Crippen LogP contribution in [0.5, 0.6) is 11.5 Å². The van der Waals surface area contributed by atoms with Gasteiger partial charge in [0.25, 0.3) is 5.91 Å². The lowest BCUT2D eigenvalue weighted by molar-refractivity contribution is -0.112. The van der Waals surface area contributed by atoms with Gasteiger partial charge in [0.1, 0.15) is 29.7 Å². The zero-order valence-corrected chi connectivity index (χ0v) is 18.8. The number of nitrogens with one attached hydrogen (secondary N) is 1. The quantitative estimate of drug-likeness (QED) is 0.303. The van der Waals surface area contributed by atoms with E-state index >= 15 is 0 Å². The Labute approximate surface area is 196 Å². The number of hydrogen-bond acceptors (Lipinski definition) is 4. The molecule has 3 rings (SSSR count). The molecule has 0 bridgehead atoms. The van der Waals surface area contributed by atoms with Gasteiger partial charge in [0.2, 0.25) is 0 Å². The van der Waals surface area contributed by atoms with Gasteiger partial charge < -0.3 is 14.8 Å². The fraction of sp³-hybridized carbons (Fsp3) is 0.120. The largest absolute Gasteiger partial charge is 0.494 e. The highest BCUT2D eigenvalue weighted by molar-refractivity contribution is 6.35. The molecule has 0 saturated carbocycles. The molecule has 3 aromatic carbocycles. The molecule has 3 aromatic rings. The van der Waals surface area contributed by atoms with Crippen molar-refractivity contribution < 1.29 is 14.3 Å². The summed E-state index contributed by atoms with van der Waals surface area (Å²) in [5.41, 5.74) is 2.07. The number of carbonyl (C=O) groups excluding carboxylic acids is 1. The molecule has 1 amide bonds. The fourth-order valence-electron chi connectivity index (χ4n) is 2.77. The van der Waals surface area contributed by atoms with Gasteiger partial charge in [-0.05, 0) is 67.1 Å². The molecule has 162 valence electrons. The van der Waals surface area contributed by atoms with Crippen LogP contribution in [0, 0.1) is 11.3 Å². The Hall–Kier alpha value is -3.46. The van der Waals surface area contributed by atoms with Gasteiger partial charge in [-0.3, -0.25) is 4.79 Å². The lowest BCUT2D eigenvalue weighted by Crippen LogP contribution is -2.13. The number of benzene rings is 3. The second-order valence-corrected chi connectivity index (χ2v) is 7.52. The van der Waals surface area contributed by atoms with Crippen molar-refractivity contribution >= 4 is 40.9 Å². The average molecular weight is 467 g/mol. The summed E-state index contributed by atoms with van der Waals surface area (Å²) in [4.78, 5) is 12.5. The van der Waals surface area contributed by atoms with E-state index in [1.807, 2.05) is 19.1 Å². The second kappa shape index (κ2) is 11.2. The minimum Gasteiger partial charge on any atom is -0.494 e. The molecule has 0 saturated heterocycles. The lowest BCUT2D eigenvalue weighted by Gasteiger charge is -2.09. The normalized spacial score (nSPS) is 10.9. The van der Waals surface area contributed by atoms with Crippen molar-refractivity contribution in [1.29, 1.82) is 5.26 Å². The molecular formula is C25H20Cl2N2O3. The van der Waals surface area contributed by atoms with Crippen LogP contribution in [0.3, 0.4) is 0 Å². The maximum absolute atomic E-state index is 12.5. The third-order valence-electron chi connectivity index (χ3n) is 4.39. The van der Waals surface area contributed by atoms with Crippen molar-refractivity contribution in [1.82, 2.24) is 0 Å². The molecule has 1 N–H and O–H groups in total. The fourth-order valence-corrected chi connectivity index (χ4v) is 3.24. The third-order valence-corrected chi connectivity index (χ3v) is 4.98. The van der Waals surface area contributed by atoms with Gasteiger partial charge in [-0.1, -0.05) is 41.4 Å². The summed E-state index contributed by atoms with van der Waals surface area (Å²) >= 11 is 12.1. The first kappa shape index (κ1) is 23.2. The van der Waals surface area contributed by atoms with Gasteiger partial charge in [0, 0.05) is 21.3 Å². The molecule has 0 heterocycles. The Morgan fingerprint density at radius 2 is 1.66 bits per heavy atom. The first-order valence-corrected chi connectivity index (χ1v) is 10.6. The Morgan fingerprint density at radius 1 is 1.00 bits per heavy atom. The predicted molar refractivity (Wildman–Crippen MR) is 127 cm³/mol. The molecule has 0 aliphatic carbocycles. The van der Waals surface area contributed by atoms with Gasteiger partial charge in [0.15, 0.2) is 0 Å². The van der Waals surface area contributed by atoms with E-state index in [0.717, 1.165) is 5.56 Å². The van der Waals surface area contributed by atoms with Crippen molar-refractivity contribution in [2.24, 2.45) is 0 Å². The summed E-state index contributed by atoms with van der Waals surface area (Å²) in [6.45, 7) is 2.75. The maximum Gasteiger partial charge on any atom is 0.266 e. The second-order valence-electron chi connectivity index (χ2n) is 6.67. The van der Waals surface area contributed by atoms with Crippen LogP contribution >= 0.6 is 23.2 Å². The van der Waals surface area contributed by atoms with Crippen molar-refractivity contribution in [3.8, 4) is 17.6 Å². The summed E-state index contributed by atoms with van der Waals surface area (Å²) in [5, 5.41) is 13.2. The molecule has 0 aliphatic rings. The number of anilines is 1. The van der Waals surface area contributed by atoms with Crippen LogP contribution in [0.4, 0.5) is 5.69 Å². The molecule has 0 unspecified atom stereocenters. The minimum atomic E-state index is -0.491. The van der Waals surface area contributed by atoms with E-state index in [1.165, 1.54) is 6.08 Å². The smallest absolute Gasteiger partial charge is 0.266 e. The van der Waals surface area contributed by atoms with Crippen molar-refractivity contribution in [2.75, 3.05) is 11.9 Å². The number of nitriles is 1. The van der Waals surface area contributed by atoms with E-state index in [2.05, 4.69) is 5.32 Å². The molecular weight excluding hydrogens is 447 g/mol. The van der Waals surface area contributed by atoms with E-state index in [0.29, 0.717) is 46.0 Å². The monoisotopic (exact) mass is 466 g/mol. The standard InChI is InChI=1S/C25H20Cl2N2O3/c1-2-31-22-11-7-21(8-12-22)29-25(30)19(15-28)13-17-3-9-23(10-4-17)32-16-18-5-6-20(26)14-24(18)27/h3-14H,2,16H2,1H3,(H,29,30)/b19-13-. The first-order valence-electron chi connectivity index (χ1n) is 9.81. The minimum absolute atomic E-state index is 0.0134. The number of halogens is 2. The molecule has 32 heavy (non-hydrogen) atoms. The van der Waals surface area contributed by atoms with Crippen LogP contribution in [0.15, 0.2) is 72.3 Å². The van der Waals surface area contributed by atoms with Crippen LogP contribution in [0.25, 0.3) is 6.08 Å². The lowest BCUT2D eigenvalue weighted by atomic mass is 10.1. The van der Waals surface area contributed by atoms with E-state index < -0.39 is 5.91 Å². The van der Waals surface area contributed by atoms with Gasteiger partial charge in [-0.2, -0.15) is 5.26 Å². The number of rotatable bonds is 8. The number of hydrogen-bond donors (Lipinski definition) is 1. The highest BCUT2D eigenvalue weighted by Crippen LogP contribution is 2.23. The third kappa shape index (κ3) is 6.52. The van der Waals surface area contributed by atoms with Gasteiger partial charge >= 0.3 is 0 Å². The summed E-state index contributed by atoms with van der Waals surface area (Å²) in [6.07, 6.45) is 1.52. The molecule has 0 aromatic heterocycles. The molecule has 0 spiro atoms. The van der Waals surface area contributed by atoms with E-state index in [9.17, 15) is 10.1 Å². The van der Waals surface area contributed by atoms with Gasteiger partial charge in [-0.15, -0.1) is 0 Å². The number of amides is 1. The van der Waals surface area contributed by atoms with E-state index in [-0.39, 0.29) is 5.57 Å². The molecule has 0 aliphatic heterocycles. The Morgan fingerprint density at radius 3 is 2.28 bits per heavy atom.